The predicted octanol–water partition coefficient (Wildman–Crippen LogP) is 3.75. The number of rotatable bonds is 12. The zero-order chi connectivity index (χ0) is 29.0. The Bertz CT molecular complexity index is 1240. The van der Waals surface area contributed by atoms with Crippen molar-refractivity contribution in [2.75, 3.05) is 6.61 Å². The van der Waals surface area contributed by atoms with Gasteiger partial charge in [0.15, 0.2) is 18.0 Å². The highest BCUT2D eigenvalue weighted by molar-refractivity contribution is 7.52. The van der Waals surface area contributed by atoms with Crippen LogP contribution in [0, 0.1) is 6.92 Å². The van der Waals surface area contributed by atoms with Gasteiger partial charge in [-0.3, -0.25) is 13.9 Å². The summed E-state index contributed by atoms with van der Waals surface area (Å²) < 4.78 is 67.2. The number of ether oxygens (including phenoxy) is 2. The number of aryl methyl sites for hydroxylation is 1. The summed E-state index contributed by atoms with van der Waals surface area (Å²) in [6, 6.07) is 7.89. The summed E-state index contributed by atoms with van der Waals surface area (Å²) in [4.78, 5) is 28.6. The lowest BCUT2D eigenvalue weighted by atomic mass is 9.97. The number of para-hydroxylation sites is 1. The van der Waals surface area contributed by atoms with Crippen LogP contribution in [0.1, 0.15) is 52.5 Å². The maximum absolute atomic E-state index is 15.9. The lowest BCUT2D eigenvalue weighted by Crippen LogP contribution is -2.47. The lowest BCUT2D eigenvalue weighted by molar-refractivity contribution is -0.204. The van der Waals surface area contributed by atoms with E-state index in [1.807, 2.05) is 13.8 Å². The third kappa shape index (κ3) is 7.09. The van der Waals surface area contributed by atoms with Crippen LogP contribution in [0.2, 0.25) is 0 Å². The van der Waals surface area contributed by atoms with Gasteiger partial charge in [0.25, 0.3) is 5.85 Å². The Morgan fingerprint density at radius 2 is 1.90 bits per heavy atom. The number of nitrogens with one attached hydrogen (secondary N) is 1. The molecule has 0 saturated carbocycles. The predicted molar refractivity (Wildman–Crippen MR) is 136 cm³/mol. The van der Waals surface area contributed by atoms with E-state index in [-0.39, 0.29) is 11.9 Å². The number of carbonyl (C=O) groups excluding carboxylic acids is 1. The van der Waals surface area contributed by atoms with Gasteiger partial charge in [0.2, 0.25) is 0 Å². The fraction of sp³-hybridized carbons (Fsp3) is 0.560. The molecular formula is C25H34F2N3O8P. The van der Waals surface area contributed by atoms with Gasteiger partial charge in [0.1, 0.15) is 24.5 Å². The molecule has 1 aromatic carbocycles. The van der Waals surface area contributed by atoms with E-state index in [0.29, 0.717) is 23.1 Å². The molecule has 6 atom stereocenters. The number of esters is 1. The summed E-state index contributed by atoms with van der Waals surface area (Å²) in [5.74, 6) is -3.96. The maximum atomic E-state index is 15.9. The van der Waals surface area contributed by atoms with E-state index in [1.54, 1.807) is 18.2 Å². The first-order valence-corrected chi connectivity index (χ1v) is 14.1. The highest BCUT2D eigenvalue weighted by atomic mass is 31.2. The summed E-state index contributed by atoms with van der Waals surface area (Å²) in [7, 11) is -4.57. The van der Waals surface area contributed by atoms with Crippen LogP contribution in [0.3, 0.4) is 0 Å². The number of nitrogens with zero attached hydrogens (tertiary/aromatic N) is 2. The lowest BCUT2D eigenvalue weighted by Gasteiger charge is -2.28. The fourth-order valence-corrected chi connectivity index (χ4v) is 5.44. The van der Waals surface area contributed by atoms with Crippen LogP contribution in [-0.2, 0) is 23.4 Å². The molecule has 2 N–H and O–H groups in total. The van der Waals surface area contributed by atoms with E-state index in [4.69, 9.17) is 18.5 Å². The van der Waals surface area contributed by atoms with Gasteiger partial charge in [-0.2, -0.15) is 10.1 Å². The zero-order valence-corrected chi connectivity index (χ0v) is 23.3. The summed E-state index contributed by atoms with van der Waals surface area (Å²) >= 11 is 0. The SMILES string of the molecule is CCC(CC)OC(=O)[C@H](C)N[P@](=O)(OC[C@@]1(F)O[C@@H](n2ccc(C)nc2=O)[C@](C)(F)[C@@H]1O)Oc1ccccc1. The van der Waals surface area contributed by atoms with Gasteiger partial charge in [-0.15, -0.1) is 0 Å². The van der Waals surface area contributed by atoms with Crippen LogP contribution in [-0.4, -0.2) is 57.0 Å². The molecule has 39 heavy (non-hydrogen) atoms. The summed E-state index contributed by atoms with van der Waals surface area (Å²) in [6.45, 7) is 6.13. The normalized spacial score (nSPS) is 27.2. The Morgan fingerprint density at radius 1 is 1.26 bits per heavy atom. The second-order valence-electron chi connectivity index (χ2n) is 9.47. The van der Waals surface area contributed by atoms with E-state index in [0.717, 1.165) is 13.1 Å². The second-order valence-corrected chi connectivity index (χ2v) is 11.2. The molecule has 2 heterocycles. The summed E-state index contributed by atoms with van der Waals surface area (Å²) in [5, 5.41) is 13.0. The van der Waals surface area contributed by atoms with E-state index in [9.17, 15) is 19.3 Å². The molecule has 11 nitrogen and oxygen atoms in total. The van der Waals surface area contributed by atoms with Crippen molar-refractivity contribution >= 4 is 13.7 Å². The topological polar surface area (TPSA) is 138 Å². The van der Waals surface area contributed by atoms with Crippen molar-refractivity contribution in [2.45, 2.75) is 83.5 Å². The smallest absolute Gasteiger partial charge is 0.459 e. The molecule has 0 radical (unpaired) electrons. The second kappa shape index (κ2) is 12.2. The number of aliphatic hydroxyl groups is 1. The van der Waals surface area contributed by atoms with Crippen LogP contribution in [0.25, 0.3) is 0 Å². The largest absolute Gasteiger partial charge is 0.461 e. The monoisotopic (exact) mass is 573 g/mol. The molecule has 1 fully saturated rings. The molecule has 1 aromatic heterocycles. The van der Waals surface area contributed by atoms with E-state index in [2.05, 4.69) is 10.1 Å². The molecule has 0 spiro atoms. The molecule has 0 aliphatic carbocycles. The van der Waals surface area contributed by atoms with Gasteiger partial charge in [0.05, 0.1) is 0 Å². The Balaban J connectivity index is 1.84. The molecule has 1 aliphatic rings. The van der Waals surface area contributed by atoms with E-state index >= 15 is 8.78 Å². The van der Waals surface area contributed by atoms with Gasteiger partial charge >= 0.3 is 19.4 Å². The number of aliphatic hydroxyl groups excluding tert-OH is 1. The first kappa shape index (κ1) is 30.8. The van der Waals surface area contributed by atoms with Crippen molar-refractivity contribution in [3.05, 3.63) is 58.8 Å². The average Bonchev–Trinajstić information content (AvgIpc) is 3.06. The maximum Gasteiger partial charge on any atom is 0.459 e. The zero-order valence-electron chi connectivity index (χ0n) is 22.4. The van der Waals surface area contributed by atoms with Gasteiger partial charge in [0, 0.05) is 11.9 Å². The summed E-state index contributed by atoms with van der Waals surface area (Å²) in [6.07, 6.45) is -2.47. The van der Waals surface area contributed by atoms with Crippen molar-refractivity contribution in [1.82, 2.24) is 14.6 Å². The fourth-order valence-electron chi connectivity index (χ4n) is 3.93. The standard InChI is InChI=1S/C25H34F2N3O8P/c1-6-18(7-2)36-20(31)17(4)29-39(34,38-19-11-9-8-10-12-19)35-15-25(27)21(32)24(5,26)22(37-25)30-14-13-16(3)28-23(30)33/h8-14,17-18,21-22,32H,6-7,15H2,1-5H3,(H,29,34)/t17-,21-,22+,24+,25+,39-/m0/s1. The molecule has 0 amide bonds. The third-order valence-electron chi connectivity index (χ3n) is 6.25. The Labute approximate surface area is 225 Å². The van der Waals surface area contributed by atoms with Crippen molar-refractivity contribution in [1.29, 1.82) is 0 Å². The average molecular weight is 574 g/mol. The van der Waals surface area contributed by atoms with Gasteiger partial charge in [-0.05, 0) is 51.8 Å². The Hall–Kier alpha value is -2.70. The minimum absolute atomic E-state index is 0.0557. The molecule has 14 heteroatoms. The number of halogens is 2. The number of carbonyl (C=O) groups is 1. The van der Waals surface area contributed by atoms with Crippen molar-refractivity contribution in [3.8, 4) is 5.75 Å². The molecule has 0 unspecified atom stereocenters. The quantitative estimate of drug-likeness (QED) is 0.285. The Morgan fingerprint density at radius 3 is 2.49 bits per heavy atom. The van der Waals surface area contributed by atoms with Crippen LogP contribution < -0.4 is 15.3 Å². The molecule has 1 saturated heterocycles. The number of alkyl halides is 2. The highest BCUT2D eigenvalue weighted by Gasteiger charge is 2.65. The molecule has 1 aliphatic heterocycles. The van der Waals surface area contributed by atoms with E-state index in [1.165, 1.54) is 32.0 Å². The van der Waals surface area contributed by atoms with Crippen LogP contribution in [0.5, 0.6) is 5.75 Å². The molecule has 216 valence electrons. The molecule has 3 rings (SSSR count). The molecule has 0 bridgehead atoms. The minimum atomic E-state index is -4.57. The third-order valence-corrected chi connectivity index (χ3v) is 7.88. The number of hydrogen-bond donors (Lipinski definition) is 2. The molecular weight excluding hydrogens is 539 g/mol. The first-order valence-electron chi connectivity index (χ1n) is 12.5. The Kier molecular flexibility index (Phi) is 9.66. The highest BCUT2D eigenvalue weighted by Crippen LogP contribution is 2.51. The number of hydrogen-bond acceptors (Lipinski definition) is 9. The number of aromatic nitrogens is 2. The van der Waals surface area contributed by atoms with Gasteiger partial charge in [-0.25, -0.2) is 18.1 Å². The van der Waals surface area contributed by atoms with Crippen molar-refractivity contribution in [3.63, 3.8) is 0 Å². The number of benzene rings is 1. The first-order chi connectivity index (χ1) is 18.2. The van der Waals surface area contributed by atoms with Crippen molar-refractivity contribution < 1.29 is 41.8 Å². The van der Waals surface area contributed by atoms with Gasteiger partial charge in [-0.1, -0.05) is 32.0 Å². The molecule has 2 aromatic rings. The summed E-state index contributed by atoms with van der Waals surface area (Å²) in [5.41, 5.74) is -3.40. The van der Waals surface area contributed by atoms with E-state index < -0.39 is 55.9 Å². The van der Waals surface area contributed by atoms with Crippen LogP contribution in [0.15, 0.2) is 47.4 Å². The van der Waals surface area contributed by atoms with Crippen LogP contribution in [0.4, 0.5) is 8.78 Å². The van der Waals surface area contributed by atoms with Crippen LogP contribution >= 0.6 is 7.75 Å². The van der Waals surface area contributed by atoms with Crippen molar-refractivity contribution in [2.24, 2.45) is 0 Å². The minimum Gasteiger partial charge on any atom is -0.461 e. The van der Waals surface area contributed by atoms with Gasteiger partial charge < -0.3 is 19.1 Å².